The van der Waals surface area contributed by atoms with Crippen molar-refractivity contribution in [2.75, 3.05) is 14.2 Å². The van der Waals surface area contributed by atoms with E-state index in [2.05, 4.69) is 45.9 Å². The molecule has 0 radical (unpaired) electrons. The van der Waals surface area contributed by atoms with E-state index in [9.17, 15) is 0 Å². The number of hydrogen-bond acceptors (Lipinski definition) is 3. The van der Waals surface area contributed by atoms with Crippen LogP contribution < -0.4 is 9.47 Å². The van der Waals surface area contributed by atoms with Gasteiger partial charge in [-0.05, 0) is 83.9 Å². The molecule has 0 saturated carbocycles. The number of ether oxygens (including phenoxy) is 2. The second-order valence-electron chi connectivity index (χ2n) is 6.08. The number of aromatic nitrogens is 2. The van der Waals surface area contributed by atoms with E-state index in [0.29, 0.717) is 0 Å². The van der Waals surface area contributed by atoms with Crippen LogP contribution >= 0.6 is 0 Å². The largest absolute Gasteiger partial charge is 0.497 e. The minimum atomic E-state index is 0.838. The molecule has 2 aromatic heterocycles. The van der Waals surface area contributed by atoms with Crippen LogP contribution in [0.1, 0.15) is 0 Å². The van der Waals surface area contributed by atoms with Gasteiger partial charge in [-0.3, -0.25) is 4.57 Å². The van der Waals surface area contributed by atoms with Gasteiger partial charge in [0.05, 0.1) is 25.6 Å². The maximum Gasteiger partial charge on any atom is 0.137 e. The lowest BCUT2D eigenvalue weighted by molar-refractivity contribution is 0.415. The summed E-state index contributed by atoms with van der Waals surface area (Å²) in [6, 6.07) is 26.3. The minimum absolute atomic E-state index is 0.838. The van der Waals surface area contributed by atoms with Crippen molar-refractivity contribution in [1.29, 1.82) is 0 Å². The predicted octanol–water partition coefficient (Wildman–Crippen LogP) is 5.22. The molecule has 0 unspecified atom stereocenters. The molecule has 0 spiro atoms. The van der Waals surface area contributed by atoms with Crippen molar-refractivity contribution in [3.63, 3.8) is 0 Å². The summed E-state index contributed by atoms with van der Waals surface area (Å²) < 4.78 is 12.7. The predicted molar refractivity (Wildman–Crippen MR) is 108 cm³/mol. The van der Waals surface area contributed by atoms with E-state index in [1.165, 1.54) is 0 Å². The summed E-state index contributed by atoms with van der Waals surface area (Å²) in [7, 11) is 3.35. The third kappa shape index (κ3) is 3.29. The Morgan fingerprint density at radius 2 is 1.15 bits per heavy atom. The minimum Gasteiger partial charge on any atom is -0.497 e. The van der Waals surface area contributed by atoms with Crippen LogP contribution in [0.3, 0.4) is 0 Å². The Hall–Kier alpha value is -3.53. The molecule has 4 rings (SSSR count). The summed E-state index contributed by atoms with van der Waals surface area (Å²) in [5.41, 5.74) is 4.34. The maximum atomic E-state index is 5.29. The zero-order valence-corrected chi connectivity index (χ0v) is 15.3. The fraction of sp³-hybridized carbons (Fsp3) is 0.0870. The van der Waals surface area contributed by atoms with Gasteiger partial charge in [-0.2, -0.15) is 0 Å². The first kappa shape index (κ1) is 16.9. The lowest BCUT2D eigenvalue weighted by Crippen LogP contribution is -2.01. The summed E-state index contributed by atoms with van der Waals surface area (Å²) in [6.07, 6.45) is 1.81. The Balaban J connectivity index is 1.87. The van der Waals surface area contributed by atoms with Gasteiger partial charge in [0.2, 0.25) is 0 Å². The molecular formula is C23H20N2O2. The highest BCUT2D eigenvalue weighted by molar-refractivity contribution is 5.73. The van der Waals surface area contributed by atoms with Crippen molar-refractivity contribution in [2.45, 2.75) is 0 Å². The smallest absolute Gasteiger partial charge is 0.137 e. The van der Waals surface area contributed by atoms with E-state index in [0.717, 1.165) is 39.8 Å². The maximum absolute atomic E-state index is 5.29. The van der Waals surface area contributed by atoms with Gasteiger partial charge in [0.25, 0.3) is 0 Å². The third-order valence-corrected chi connectivity index (χ3v) is 4.53. The highest BCUT2D eigenvalue weighted by atomic mass is 16.5. The molecule has 2 heterocycles. The number of rotatable bonds is 5. The fourth-order valence-electron chi connectivity index (χ4n) is 3.14. The van der Waals surface area contributed by atoms with Gasteiger partial charge in [0.1, 0.15) is 17.3 Å². The average Bonchev–Trinajstić information content (AvgIpc) is 3.19. The molecule has 27 heavy (non-hydrogen) atoms. The van der Waals surface area contributed by atoms with E-state index in [1.54, 1.807) is 14.2 Å². The van der Waals surface area contributed by atoms with E-state index in [4.69, 9.17) is 9.47 Å². The van der Waals surface area contributed by atoms with Gasteiger partial charge >= 0.3 is 0 Å². The highest BCUT2D eigenvalue weighted by Crippen LogP contribution is 2.33. The molecule has 134 valence electrons. The topological polar surface area (TPSA) is 36.3 Å². The zero-order chi connectivity index (χ0) is 18.6. The molecule has 0 amide bonds. The molecule has 0 N–H and O–H groups in total. The fourth-order valence-corrected chi connectivity index (χ4v) is 3.14. The first-order valence-corrected chi connectivity index (χ1v) is 8.72. The van der Waals surface area contributed by atoms with Crippen LogP contribution in [0.2, 0.25) is 0 Å². The lowest BCUT2D eigenvalue weighted by atomic mass is 10.1. The molecule has 4 aromatic rings. The third-order valence-electron chi connectivity index (χ3n) is 4.53. The van der Waals surface area contributed by atoms with Crippen LogP contribution in [-0.2, 0) is 0 Å². The van der Waals surface area contributed by atoms with Crippen molar-refractivity contribution >= 4 is 0 Å². The Kier molecular flexibility index (Phi) is 4.62. The molecule has 0 aliphatic rings. The van der Waals surface area contributed by atoms with Crippen LogP contribution in [0.4, 0.5) is 0 Å². The van der Waals surface area contributed by atoms with Crippen LogP contribution in [0, 0.1) is 0 Å². The van der Waals surface area contributed by atoms with Gasteiger partial charge < -0.3 is 9.47 Å². The standard InChI is InChI=1S/C23H20N2O2/c1-26-19-10-6-17(7-11-19)21-14-15-22(18-8-12-20(27-2)13-9-18)25(21)23-5-3-4-16-24-23/h3-16H,1-2H3. The molecule has 0 bridgehead atoms. The monoisotopic (exact) mass is 356 g/mol. The van der Waals surface area contributed by atoms with Crippen molar-refractivity contribution in [3.05, 3.63) is 85.1 Å². The quantitative estimate of drug-likeness (QED) is 0.492. The van der Waals surface area contributed by atoms with Crippen LogP contribution in [0.25, 0.3) is 28.3 Å². The summed E-state index contributed by atoms with van der Waals surface area (Å²) >= 11 is 0. The summed E-state index contributed by atoms with van der Waals surface area (Å²) in [5.74, 6) is 2.55. The molecule has 0 aliphatic heterocycles. The van der Waals surface area contributed by atoms with Gasteiger partial charge in [0.15, 0.2) is 0 Å². The summed E-state index contributed by atoms with van der Waals surface area (Å²) in [5, 5.41) is 0. The zero-order valence-electron chi connectivity index (χ0n) is 15.3. The van der Waals surface area contributed by atoms with E-state index >= 15 is 0 Å². The molecular weight excluding hydrogens is 336 g/mol. The van der Waals surface area contributed by atoms with E-state index < -0.39 is 0 Å². The van der Waals surface area contributed by atoms with Gasteiger partial charge in [-0.1, -0.05) is 6.07 Å². The van der Waals surface area contributed by atoms with Gasteiger partial charge in [-0.25, -0.2) is 4.98 Å². The summed E-state index contributed by atoms with van der Waals surface area (Å²) in [6.45, 7) is 0. The summed E-state index contributed by atoms with van der Waals surface area (Å²) in [4.78, 5) is 4.57. The van der Waals surface area contributed by atoms with Gasteiger partial charge in [-0.15, -0.1) is 0 Å². The first-order chi connectivity index (χ1) is 13.3. The molecule has 0 saturated heterocycles. The highest BCUT2D eigenvalue weighted by Gasteiger charge is 2.14. The SMILES string of the molecule is COc1ccc(-c2ccc(-c3ccc(OC)cc3)n2-c2ccccn2)cc1. The Labute approximate surface area is 158 Å². The van der Waals surface area contributed by atoms with Crippen LogP contribution in [-0.4, -0.2) is 23.8 Å². The van der Waals surface area contributed by atoms with Crippen LogP contribution in [0.5, 0.6) is 11.5 Å². The lowest BCUT2D eigenvalue weighted by Gasteiger charge is -2.14. The molecule has 4 nitrogen and oxygen atoms in total. The molecule has 0 fully saturated rings. The van der Waals surface area contributed by atoms with Gasteiger partial charge in [0, 0.05) is 6.20 Å². The van der Waals surface area contributed by atoms with Crippen LogP contribution in [0.15, 0.2) is 85.1 Å². The normalized spacial score (nSPS) is 10.6. The second kappa shape index (κ2) is 7.38. The number of nitrogens with zero attached hydrogens (tertiary/aromatic N) is 2. The molecule has 2 aromatic carbocycles. The van der Waals surface area contributed by atoms with E-state index in [1.807, 2.05) is 48.7 Å². The Bertz CT molecular complexity index is 955. The first-order valence-electron chi connectivity index (χ1n) is 8.72. The van der Waals surface area contributed by atoms with Crippen molar-refractivity contribution in [3.8, 4) is 39.8 Å². The van der Waals surface area contributed by atoms with Crippen molar-refractivity contribution < 1.29 is 9.47 Å². The van der Waals surface area contributed by atoms with Crippen molar-refractivity contribution in [1.82, 2.24) is 9.55 Å². The number of benzene rings is 2. The number of pyridine rings is 1. The van der Waals surface area contributed by atoms with E-state index in [-0.39, 0.29) is 0 Å². The van der Waals surface area contributed by atoms with Crippen molar-refractivity contribution in [2.24, 2.45) is 0 Å². The average molecular weight is 356 g/mol. The number of hydrogen-bond donors (Lipinski definition) is 0. The Morgan fingerprint density at radius 1 is 0.630 bits per heavy atom. The molecule has 0 aliphatic carbocycles. The second-order valence-corrected chi connectivity index (χ2v) is 6.08. The molecule has 4 heteroatoms. The number of methoxy groups -OCH3 is 2. The Morgan fingerprint density at radius 3 is 1.56 bits per heavy atom. The molecule has 0 atom stereocenters.